The van der Waals surface area contributed by atoms with Crippen LogP contribution in [0.25, 0.3) is 0 Å². The molecule has 0 spiro atoms. The van der Waals surface area contributed by atoms with Gasteiger partial charge in [0.1, 0.15) is 0 Å². The molecule has 2 nitrogen and oxygen atoms in total. The summed E-state index contributed by atoms with van der Waals surface area (Å²) in [5, 5.41) is 7.07. The zero-order valence-electron chi connectivity index (χ0n) is 8.03. The lowest BCUT2D eigenvalue weighted by atomic mass is 9.82. The molecule has 2 fully saturated rings. The van der Waals surface area contributed by atoms with Gasteiger partial charge in [0.25, 0.3) is 0 Å². The molecule has 0 aromatic carbocycles. The summed E-state index contributed by atoms with van der Waals surface area (Å²) in [7, 11) is 0. The average Bonchev–Trinajstić information content (AvgIpc) is 1.99. The predicted molar refractivity (Wildman–Crippen MR) is 51.3 cm³/mol. The van der Waals surface area contributed by atoms with Crippen molar-refractivity contribution in [2.45, 2.75) is 50.6 Å². The minimum atomic E-state index is 0.463. The van der Waals surface area contributed by atoms with Crippen LogP contribution in [0.3, 0.4) is 0 Å². The first-order valence-corrected chi connectivity index (χ1v) is 5.27. The van der Waals surface area contributed by atoms with Crippen molar-refractivity contribution in [3.05, 3.63) is 0 Å². The minimum Gasteiger partial charge on any atom is -0.314 e. The highest BCUT2D eigenvalue weighted by molar-refractivity contribution is 4.93. The van der Waals surface area contributed by atoms with Crippen LogP contribution >= 0.6 is 0 Å². The molecule has 0 bridgehead atoms. The summed E-state index contributed by atoms with van der Waals surface area (Å²) in [5.74, 6) is 0. The summed E-state index contributed by atoms with van der Waals surface area (Å²) in [6, 6.07) is 0.757. The van der Waals surface area contributed by atoms with E-state index in [1.807, 2.05) is 0 Å². The molecule has 0 unspecified atom stereocenters. The van der Waals surface area contributed by atoms with Crippen molar-refractivity contribution >= 4 is 0 Å². The lowest BCUT2D eigenvalue weighted by Gasteiger charge is -2.41. The van der Waals surface area contributed by atoms with Gasteiger partial charge in [-0.1, -0.05) is 19.3 Å². The highest BCUT2D eigenvalue weighted by Crippen LogP contribution is 2.28. The molecule has 0 aromatic heterocycles. The van der Waals surface area contributed by atoms with E-state index < -0.39 is 0 Å². The Balaban J connectivity index is 1.81. The molecule has 0 amide bonds. The fourth-order valence-corrected chi connectivity index (χ4v) is 2.36. The van der Waals surface area contributed by atoms with Crippen LogP contribution in [0.5, 0.6) is 0 Å². The van der Waals surface area contributed by atoms with E-state index in [1.54, 1.807) is 0 Å². The number of hydrogen-bond acceptors (Lipinski definition) is 2. The second kappa shape index (κ2) is 3.35. The number of hydrogen-bond donors (Lipinski definition) is 2. The van der Waals surface area contributed by atoms with Crippen LogP contribution in [0.15, 0.2) is 0 Å². The molecule has 1 aliphatic carbocycles. The molecule has 0 radical (unpaired) electrons. The van der Waals surface area contributed by atoms with Gasteiger partial charge in [0, 0.05) is 24.7 Å². The van der Waals surface area contributed by atoms with Crippen molar-refractivity contribution in [1.29, 1.82) is 0 Å². The summed E-state index contributed by atoms with van der Waals surface area (Å²) in [6.07, 6.45) is 7.04. The van der Waals surface area contributed by atoms with E-state index in [9.17, 15) is 0 Å². The Hall–Kier alpha value is -0.0800. The van der Waals surface area contributed by atoms with E-state index in [2.05, 4.69) is 17.6 Å². The monoisotopic (exact) mass is 168 g/mol. The van der Waals surface area contributed by atoms with Gasteiger partial charge in [-0.15, -0.1) is 0 Å². The van der Waals surface area contributed by atoms with E-state index >= 15 is 0 Å². The standard InChI is InChI=1S/C10H20N2/c1-10(5-3-2-4-6-10)12-9-7-11-8-9/h9,11-12H,2-8H2,1H3. The zero-order valence-corrected chi connectivity index (χ0v) is 8.03. The van der Waals surface area contributed by atoms with Crippen LogP contribution in [-0.2, 0) is 0 Å². The Morgan fingerprint density at radius 2 is 1.83 bits per heavy atom. The first kappa shape index (κ1) is 8.52. The second-order valence-corrected chi connectivity index (χ2v) is 4.62. The third-order valence-electron chi connectivity index (χ3n) is 3.29. The first-order chi connectivity index (χ1) is 5.79. The Morgan fingerprint density at radius 1 is 1.17 bits per heavy atom. The van der Waals surface area contributed by atoms with Gasteiger partial charge in [-0.2, -0.15) is 0 Å². The maximum atomic E-state index is 3.77. The summed E-state index contributed by atoms with van der Waals surface area (Å²) in [4.78, 5) is 0. The van der Waals surface area contributed by atoms with Crippen LogP contribution in [0, 0.1) is 0 Å². The molecule has 12 heavy (non-hydrogen) atoms. The molecule has 1 aliphatic heterocycles. The van der Waals surface area contributed by atoms with Crippen LogP contribution in [0.2, 0.25) is 0 Å². The fraction of sp³-hybridized carbons (Fsp3) is 1.00. The van der Waals surface area contributed by atoms with E-state index in [0.29, 0.717) is 5.54 Å². The summed E-state index contributed by atoms with van der Waals surface area (Å²) >= 11 is 0. The van der Waals surface area contributed by atoms with Crippen LogP contribution in [0.1, 0.15) is 39.0 Å². The lowest BCUT2D eigenvalue weighted by molar-refractivity contribution is 0.199. The van der Waals surface area contributed by atoms with E-state index in [0.717, 1.165) is 6.04 Å². The van der Waals surface area contributed by atoms with Gasteiger partial charge in [0.05, 0.1) is 0 Å². The normalized spacial score (nSPS) is 29.8. The molecule has 2 rings (SSSR count). The third-order valence-corrected chi connectivity index (χ3v) is 3.29. The highest BCUT2D eigenvalue weighted by atomic mass is 15.1. The molecule has 1 saturated heterocycles. The smallest absolute Gasteiger partial charge is 0.0322 e. The molecule has 2 N–H and O–H groups in total. The van der Waals surface area contributed by atoms with E-state index in [4.69, 9.17) is 0 Å². The summed E-state index contributed by atoms with van der Waals surface area (Å²) < 4.78 is 0. The molecular weight excluding hydrogens is 148 g/mol. The SMILES string of the molecule is CC1(NC2CNC2)CCCCC1. The number of rotatable bonds is 2. The molecule has 0 atom stereocenters. The van der Waals surface area contributed by atoms with Gasteiger partial charge in [0.15, 0.2) is 0 Å². The molecule has 2 aliphatic rings. The third kappa shape index (κ3) is 1.80. The van der Waals surface area contributed by atoms with Crippen molar-refractivity contribution in [3.63, 3.8) is 0 Å². The quantitative estimate of drug-likeness (QED) is 0.649. The Bertz CT molecular complexity index is 146. The van der Waals surface area contributed by atoms with Gasteiger partial charge < -0.3 is 10.6 Å². The van der Waals surface area contributed by atoms with Gasteiger partial charge in [-0.3, -0.25) is 0 Å². The van der Waals surface area contributed by atoms with Gasteiger partial charge >= 0.3 is 0 Å². The van der Waals surface area contributed by atoms with Gasteiger partial charge in [-0.25, -0.2) is 0 Å². The summed E-state index contributed by atoms with van der Waals surface area (Å²) in [5.41, 5.74) is 0.463. The lowest BCUT2D eigenvalue weighted by Crippen LogP contribution is -2.62. The molecule has 2 heteroatoms. The maximum absolute atomic E-state index is 3.77. The average molecular weight is 168 g/mol. The van der Waals surface area contributed by atoms with Crippen LogP contribution in [0.4, 0.5) is 0 Å². The molecule has 70 valence electrons. The second-order valence-electron chi connectivity index (χ2n) is 4.62. The van der Waals surface area contributed by atoms with Crippen LogP contribution < -0.4 is 10.6 Å². The first-order valence-electron chi connectivity index (χ1n) is 5.27. The number of nitrogens with one attached hydrogen (secondary N) is 2. The highest BCUT2D eigenvalue weighted by Gasteiger charge is 2.30. The topological polar surface area (TPSA) is 24.1 Å². The maximum Gasteiger partial charge on any atom is 0.0322 e. The van der Waals surface area contributed by atoms with Crippen molar-refractivity contribution in [2.75, 3.05) is 13.1 Å². The molecule has 0 aromatic rings. The van der Waals surface area contributed by atoms with Crippen molar-refractivity contribution < 1.29 is 0 Å². The van der Waals surface area contributed by atoms with E-state index in [-0.39, 0.29) is 0 Å². The van der Waals surface area contributed by atoms with Crippen LogP contribution in [-0.4, -0.2) is 24.7 Å². The van der Waals surface area contributed by atoms with Crippen molar-refractivity contribution in [2.24, 2.45) is 0 Å². The molecular formula is C10H20N2. The Labute approximate surface area is 75.1 Å². The van der Waals surface area contributed by atoms with E-state index in [1.165, 1.54) is 45.2 Å². The Morgan fingerprint density at radius 3 is 2.33 bits per heavy atom. The predicted octanol–water partition coefficient (Wildman–Crippen LogP) is 1.27. The van der Waals surface area contributed by atoms with Crippen molar-refractivity contribution in [1.82, 2.24) is 10.6 Å². The molecule has 1 saturated carbocycles. The largest absolute Gasteiger partial charge is 0.314 e. The fourth-order valence-electron chi connectivity index (χ4n) is 2.36. The zero-order chi connectivity index (χ0) is 8.44. The Kier molecular flexibility index (Phi) is 2.37. The summed E-state index contributed by atoms with van der Waals surface area (Å²) in [6.45, 7) is 4.75. The van der Waals surface area contributed by atoms with Gasteiger partial charge in [-0.05, 0) is 19.8 Å². The minimum absolute atomic E-state index is 0.463. The van der Waals surface area contributed by atoms with Gasteiger partial charge in [0.2, 0.25) is 0 Å². The van der Waals surface area contributed by atoms with Crippen molar-refractivity contribution in [3.8, 4) is 0 Å². The molecule has 1 heterocycles.